The van der Waals surface area contributed by atoms with Crippen molar-refractivity contribution in [2.45, 2.75) is 45.1 Å². The molecule has 1 aliphatic rings. The first kappa shape index (κ1) is 12.4. The molecule has 3 heteroatoms. The second-order valence-corrected chi connectivity index (χ2v) is 5.43. The number of aliphatic hydroxyl groups is 1. The fourth-order valence-electron chi connectivity index (χ4n) is 2.84. The Balaban J connectivity index is 2.13. The van der Waals surface area contributed by atoms with Gasteiger partial charge in [0.15, 0.2) is 0 Å². The number of rotatable bonds is 3. The van der Waals surface area contributed by atoms with Crippen LogP contribution in [0.4, 0.5) is 5.82 Å². The molecule has 2 unspecified atom stereocenters. The second-order valence-electron chi connectivity index (χ2n) is 5.43. The standard InChI is InChI=1S/C14H22N2O/c1-11-5-4-8-14(9-11,10-17)16-13-7-3-6-12(2)15-13/h3,6-7,11,17H,4-5,8-10H2,1-2H3,(H,15,16). The molecule has 0 aromatic carbocycles. The molecular formula is C14H22N2O. The lowest BCUT2D eigenvalue weighted by Gasteiger charge is -2.39. The number of nitrogens with zero attached hydrogens (tertiary/aromatic N) is 1. The Hall–Kier alpha value is -1.09. The Bertz CT molecular complexity index is 380. The van der Waals surface area contributed by atoms with Crippen LogP contribution >= 0.6 is 0 Å². The molecule has 0 radical (unpaired) electrons. The lowest BCUT2D eigenvalue weighted by molar-refractivity contribution is 0.149. The Kier molecular flexibility index (Phi) is 3.67. The molecule has 3 nitrogen and oxygen atoms in total. The maximum atomic E-state index is 9.70. The van der Waals surface area contributed by atoms with E-state index in [-0.39, 0.29) is 12.1 Å². The molecule has 0 amide bonds. The molecule has 1 heterocycles. The molecule has 2 N–H and O–H groups in total. The van der Waals surface area contributed by atoms with Crippen LogP contribution in [0.25, 0.3) is 0 Å². The minimum absolute atomic E-state index is 0.168. The topological polar surface area (TPSA) is 45.1 Å². The average Bonchev–Trinajstić information content (AvgIpc) is 2.29. The average molecular weight is 234 g/mol. The minimum atomic E-state index is -0.168. The van der Waals surface area contributed by atoms with Crippen molar-refractivity contribution in [3.05, 3.63) is 23.9 Å². The molecule has 1 aromatic heterocycles. The highest BCUT2D eigenvalue weighted by Gasteiger charge is 2.34. The smallest absolute Gasteiger partial charge is 0.126 e. The summed E-state index contributed by atoms with van der Waals surface area (Å²) in [6.45, 7) is 4.43. The van der Waals surface area contributed by atoms with Crippen molar-refractivity contribution in [2.24, 2.45) is 5.92 Å². The highest BCUT2D eigenvalue weighted by atomic mass is 16.3. The first-order chi connectivity index (χ1) is 8.13. The van der Waals surface area contributed by atoms with Crippen molar-refractivity contribution in [3.8, 4) is 0 Å². The van der Waals surface area contributed by atoms with Gasteiger partial charge in [0, 0.05) is 5.69 Å². The van der Waals surface area contributed by atoms with Crippen molar-refractivity contribution in [1.82, 2.24) is 4.98 Å². The van der Waals surface area contributed by atoms with Crippen molar-refractivity contribution in [1.29, 1.82) is 0 Å². The summed E-state index contributed by atoms with van der Waals surface area (Å²) in [6, 6.07) is 5.96. The Morgan fingerprint density at radius 3 is 3.00 bits per heavy atom. The number of anilines is 1. The van der Waals surface area contributed by atoms with Crippen LogP contribution in [-0.4, -0.2) is 22.2 Å². The van der Waals surface area contributed by atoms with E-state index in [4.69, 9.17) is 0 Å². The highest BCUT2D eigenvalue weighted by molar-refractivity contribution is 5.38. The lowest BCUT2D eigenvalue weighted by Crippen LogP contribution is -2.46. The first-order valence-electron chi connectivity index (χ1n) is 6.46. The highest BCUT2D eigenvalue weighted by Crippen LogP contribution is 2.34. The number of nitrogens with one attached hydrogen (secondary N) is 1. The zero-order valence-electron chi connectivity index (χ0n) is 10.7. The second kappa shape index (κ2) is 5.05. The van der Waals surface area contributed by atoms with Gasteiger partial charge in [0.2, 0.25) is 0 Å². The van der Waals surface area contributed by atoms with Crippen LogP contribution < -0.4 is 5.32 Å². The molecule has 94 valence electrons. The van der Waals surface area contributed by atoms with Gasteiger partial charge < -0.3 is 10.4 Å². The van der Waals surface area contributed by atoms with Crippen LogP contribution in [0, 0.1) is 12.8 Å². The minimum Gasteiger partial charge on any atom is -0.394 e. The zero-order chi connectivity index (χ0) is 12.3. The number of aliphatic hydroxyl groups excluding tert-OH is 1. The van der Waals surface area contributed by atoms with Gasteiger partial charge in [0.25, 0.3) is 0 Å². The number of aryl methyl sites for hydroxylation is 1. The van der Waals surface area contributed by atoms with Gasteiger partial charge in [-0.1, -0.05) is 25.8 Å². The maximum absolute atomic E-state index is 9.70. The SMILES string of the molecule is Cc1cccc(NC2(CO)CCCC(C)C2)n1. The van der Waals surface area contributed by atoms with Crippen molar-refractivity contribution >= 4 is 5.82 Å². The van der Waals surface area contributed by atoms with Gasteiger partial charge in [-0.3, -0.25) is 0 Å². The molecule has 2 atom stereocenters. The van der Waals surface area contributed by atoms with Gasteiger partial charge in [0.1, 0.15) is 5.82 Å². The largest absolute Gasteiger partial charge is 0.394 e. The van der Waals surface area contributed by atoms with E-state index < -0.39 is 0 Å². The fourth-order valence-corrected chi connectivity index (χ4v) is 2.84. The third-order valence-electron chi connectivity index (χ3n) is 3.68. The molecule has 1 fully saturated rings. The number of hydrogen-bond donors (Lipinski definition) is 2. The first-order valence-corrected chi connectivity index (χ1v) is 6.46. The van der Waals surface area contributed by atoms with Crippen molar-refractivity contribution in [2.75, 3.05) is 11.9 Å². The van der Waals surface area contributed by atoms with Crippen molar-refractivity contribution < 1.29 is 5.11 Å². The van der Waals surface area contributed by atoms with Gasteiger partial charge in [-0.2, -0.15) is 0 Å². The zero-order valence-corrected chi connectivity index (χ0v) is 10.7. The Labute approximate surface area is 103 Å². The van der Waals surface area contributed by atoms with E-state index in [2.05, 4.69) is 17.2 Å². The van der Waals surface area contributed by atoms with E-state index in [1.54, 1.807) is 0 Å². The molecular weight excluding hydrogens is 212 g/mol. The van der Waals surface area contributed by atoms with Gasteiger partial charge in [-0.25, -0.2) is 4.98 Å². The number of pyridine rings is 1. The van der Waals surface area contributed by atoms with E-state index in [1.165, 1.54) is 12.8 Å². The van der Waals surface area contributed by atoms with Crippen LogP contribution in [0.5, 0.6) is 0 Å². The summed E-state index contributed by atoms with van der Waals surface area (Å²) < 4.78 is 0. The number of hydrogen-bond acceptors (Lipinski definition) is 3. The fraction of sp³-hybridized carbons (Fsp3) is 0.643. The van der Waals surface area contributed by atoms with E-state index in [1.807, 2.05) is 25.1 Å². The van der Waals surface area contributed by atoms with Crippen molar-refractivity contribution in [3.63, 3.8) is 0 Å². The van der Waals surface area contributed by atoms with E-state index in [0.29, 0.717) is 5.92 Å². The van der Waals surface area contributed by atoms with Crippen LogP contribution in [0.3, 0.4) is 0 Å². The predicted molar refractivity (Wildman–Crippen MR) is 70.0 cm³/mol. The lowest BCUT2D eigenvalue weighted by atomic mass is 9.77. The molecule has 0 bridgehead atoms. The molecule has 0 spiro atoms. The Morgan fingerprint density at radius 1 is 1.53 bits per heavy atom. The molecule has 0 saturated heterocycles. The maximum Gasteiger partial charge on any atom is 0.126 e. The summed E-state index contributed by atoms with van der Waals surface area (Å²) >= 11 is 0. The molecule has 1 aliphatic carbocycles. The molecule has 2 rings (SSSR count). The van der Waals surface area contributed by atoms with Gasteiger partial charge >= 0.3 is 0 Å². The van der Waals surface area contributed by atoms with Crippen LogP contribution in [0.2, 0.25) is 0 Å². The summed E-state index contributed by atoms with van der Waals surface area (Å²) in [6.07, 6.45) is 4.51. The summed E-state index contributed by atoms with van der Waals surface area (Å²) in [4.78, 5) is 4.46. The summed E-state index contributed by atoms with van der Waals surface area (Å²) in [5.74, 6) is 1.56. The molecule has 1 aromatic rings. The predicted octanol–water partition coefficient (Wildman–Crippen LogP) is 2.74. The molecule has 0 aliphatic heterocycles. The quantitative estimate of drug-likeness (QED) is 0.845. The monoisotopic (exact) mass is 234 g/mol. The van der Waals surface area contributed by atoms with Gasteiger partial charge in [-0.15, -0.1) is 0 Å². The third-order valence-corrected chi connectivity index (χ3v) is 3.68. The van der Waals surface area contributed by atoms with E-state index >= 15 is 0 Å². The van der Waals surface area contributed by atoms with Crippen LogP contribution in [0.15, 0.2) is 18.2 Å². The van der Waals surface area contributed by atoms with Crippen LogP contribution in [0.1, 0.15) is 38.3 Å². The van der Waals surface area contributed by atoms with Gasteiger partial charge in [0.05, 0.1) is 12.1 Å². The molecule has 1 saturated carbocycles. The Morgan fingerprint density at radius 2 is 2.35 bits per heavy atom. The summed E-state index contributed by atoms with van der Waals surface area (Å²) in [5.41, 5.74) is 0.838. The molecule has 17 heavy (non-hydrogen) atoms. The third kappa shape index (κ3) is 2.97. The summed E-state index contributed by atoms with van der Waals surface area (Å²) in [7, 11) is 0. The summed E-state index contributed by atoms with van der Waals surface area (Å²) in [5, 5.41) is 13.2. The normalized spacial score (nSPS) is 29.0. The van der Waals surface area contributed by atoms with Crippen LogP contribution in [-0.2, 0) is 0 Å². The number of aromatic nitrogens is 1. The van der Waals surface area contributed by atoms with Gasteiger partial charge in [-0.05, 0) is 37.8 Å². The van der Waals surface area contributed by atoms with E-state index in [0.717, 1.165) is 24.4 Å². The van der Waals surface area contributed by atoms with E-state index in [9.17, 15) is 5.11 Å².